The Hall–Kier alpha value is -2.08. The van der Waals surface area contributed by atoms with Crippen LogP contribution in [0.3, 0.4) is 0 Å². The van der Waals surface area contributed by atoms with Gasteiger partial charge in [-0.3, -0.25) is 4.79 Å². The number of halogens is 4. The van der Waals surface area contributed by atoms with Crippen LogP contribution in [0.4, 0.5) is 5.69 Å². The molecule has 35 heavy (non-hydrogen) atoms. The summed E-state index contributed by atoms with van der Waals surface area (Å²) in [6.45, 7) is 2.10. The fraction of sp³-hybridized carbons (Fsp3) is 0.259. The first kappa shape index (κ1) is 24.6. The predicted molar refractivity (Wildman–Crippen MR) is 145 cm³/mol. The van der Waals surface area contributed by atoms with Gasteiger partial charge >= 0.3 is 0 Å². The number of benzene rings is 2. The Morgan fingerprint density at radius 2 is 1.71 bits per heavy atom. The highest BCUT2D eigenvalue weighted by atomic mass is 35.5. The zero-order valence-corrected chi connectivity index (χ0v) is 21.8. The van der Waals surface area contributed by atoms with Crippen LogP contribution in [0.2, 0.25) is 15.2 Å². The number of hydrogen-bond acceptors (Lipinski definition) is 4. The molecule has 2 aliphatic heterocycles. The Labute approximate surface area is 224 Å². The third-order valence-electron chi connectivity index (χ3n) is 6.98. The van der Waals surface area contributed by atoms with Crippen molar-refractivity contribution in [2.24, 2.45) is 0 Å². The van der Waals surface area contributed by atoms with E-state index in [4.69, 9.17) is 46.4 Å². The number of carbonyl (C=O) groups excluding carboxylic acids is 1. The van der Waals surface area contributed by atoms with Gasteiger partial charge in [0.15, 0.2) is 5.78 Å². The number of pyridine rings is 1. The van der Waals surface area contributed by atoms with Gasteiger partial charge in [-0.2, -0.15) is 0 Å². The first-order valence-corrected chi connectivity index (χ1v) is 12.9. The molecule has 2 aliphatic rings. The molecular weight excluding hydrogens is 524 g/mol. The molecule has 1 fully saturated rings. The minimum atomic E-state index is -0.428. The number of fused-ring (bicyclic) bond motifs is 2. The van der Waals surface area contributed by atoms with Crippen molar-refractivity contribution >= 4 is 62.9 Å². The van der Waals surface area contributed by atoms with Gasteiger partial charge in [0.2, 0.25) is 0 Å². The number of rotatable bonds is 5. The highest BCUT2D eigenvalue weighted by Crippen LogP contribution is 2.52. The predicted octanol–water partition coefficient (Wildman–Crippen LogP) is 7.01. The number of aromatic nitrogens is 1. The van der Waals surface area contributed by atoms with E-state index in [9.17, 15) is 4.79 Å². The van der Waals surface area contributed by atoms with E-state index in [1.807, 2.05) is 48.5 Å². The van der Waals surface area contributed by atoms with E-state index in [0.717, 1.165) is 42.7 Å². The average molecular weight is 547 g/mol. The van der Waals surface area contributed by atoms with Crippen LogP contribution in [0.5, 0.6) is 0 Å². The van der Waals surface area contributed by atoms with Crippen LogP contribution < -0.4 is 10.2 Å². The molecule has 8 heteroatoms. The van der Waals surface area contributed by atoms with Crippen molar-refractivity contribution in [1.82, 2.24) is 10.3 Å². The number of carbonyl (C=O) groups is 1. The smallest absolute Gasteiger partial charge is 0.186 e. The van der Waals surface area contributed by atoms with Crippen molar-refractivity contribution in [2.75, 3.05) is 24.5 Å². The minimum Gasteiger partial charge on any atom is -0.356 e. The summed E-state index contributed by atoms with van der Waals surface area (Å²) in [5.74, 6) is 0.0135. The summed E-state index contributed by atoms with van der Waals surface area (Å²) >= 11 is 25.3. The van der Waals surface area contributed by atoms with E-state index in [-0.39, 0.29) is 11.2 Å². The summed E-state index contributed by atoms with van der Waals surface area (Å²) in [7, 11) is 0. The largest absolute Gasteiger partial charge is 0.356 e. The minimum absolute atomic E-state index is 0.0135. The first-order chi connectivity index (χ1) is 16.9. The molecule has 3 heterocycles. The van der Waals surface area contributed by atoms with Gasteiger partial charge in [-0.15, -0.1) is 0 Å². The third-order valence-corrected chi connectivity index (χ3v) is 8.05. The monoisotopic (exact) mass is 545 g/mol. The Kier molecular flexibility index (Phi) is 7.11. The molecular formula is C27H23Cl4N3O. The van der Waals surface area contributed by atoms with Crippen molar-refractivity contribution in [2.45, 2.75) is 24.3 Å². The lowest BCUT2D eigenvalue weighted by atomic mass is 9.68. The number of ketones is 1. The number of nitrogens with one attached hydrogen (secondary N) is 1. The normalized spacial score (nSPS) is 19.1. The molecule has 1 atom stereocenters. The molecule has 0 amide bonds. The highest BCUT2D eigenvalue weighted by Gasteiger charge is 2.54. The second-order valence-corrected chi connectivity index (χ2v) is 10.6. The molecule has 0 aliphatic carbocycles. The van der Waals surface area contributed by atoms with Crippen molar-refractivity contribution < 1.29 is 4.79 Å². The molecule has 1 N–H and O–H groups in total. The van der Waals surface area contributed by atoms with Crippen molar-refractivity contribution in [1.29, 1.82) is 0 Å². The zero-order valence-electron chi connectivity index (χ0n) is 18.8. The van der Waals surface area contributed by atoms with Crippen LogP contribution in [0.15, 0.2) is 66.9 Å². The van der Waals surface area contributed by atoms with Gasteiger partial charge in [-0.1, -0.05) is 58.5 Å². The van der Waals surface area contributed by atoms with E-state index in [1.54, 1.807) is 18.3 Å². The van der Waals surface area contributed by atoms with Crippen LogP contribution in [0, 0.1) is 0 Å². The molecule has 0 bridgehead atoms. The Balaban J connectivity index is 1.60. The molecule has 2 aromatic carbocycles. The first-order valence-electron chi connectivity index (χ1n) is 11.4. The molecule has 4 nitrogen and oxygen atoms in total. The number of Topliss-reactive ketones (excluding diaryl/α,β-unsaturated/α-hetero) is 1. The van der Waals surface area contributed by atoms with E-state index in [1.165, 1.54) is 0 Å². The van der Waals surface area contributed by atoms with E-state index in [0.29, 0.717) is 32.3 Å². The fourth-order valence-electron chi connectivity index (χ4n) is 5.37. The SMILES string of the molecule is O=C(c1ccnc(Cl)c1)C1N(C/C=C(\Cl)c2ccc(Cl)cc2)c2ccc(Cl)cc2C12CCNCC2. The molecule has 1 aromatic heterocycles. The molecule has 5 rings (SSSR count). The van der Waals surface area contributed by atoms with Gasteiger partial charge in [0.1, 0.15) is 11.2 Å². The summed E-state index contributed by atoms with van der Waals surface area (Å²) in [6.07, 6.45) is 5.16. The number of anilines is 1. The van der Waals surface area contributed by atoms with E-state index in [2.05, 4.69) is 15.2 Å². The molecule has 0 radical (unpaired) electrons. The van der Waals surface area contributed by atoms with Gasteiger partial charge in [-0.05, 0) is 85.6 Å². The summed E-state index contributed by atoms with van der Waals surface area (Å²) < 4.78 is 0. The maximum Gasteiger partial charge on any atom is 0.186 e. The zero-order chi connectivity index (χ0) is 24.6. The van der Waals surface area contributed by atoms with Crippen LogP contribution in [0.25, 0.3) is 5.03 Å². The molecule has 180 valence electrons. The molecule has 1 spiro atoms. The van der Waals surface area contributed by atoms with Gasteiger partial charge in [0.25, 0.3) is 0 Å². The van der Waals surface area contributed by atoms with Crippen LogP contribution >= 0.6 is 46.4 Å². The standard InChI is InChI=1S/C27H23Cl4N3O/c28-19-3-1-17(2-4-19)22(30)8-14-34-23-6-5-20(29)16-21(23)27(9-12-32-13-10-27)26(34)25(35)18-7-11-33-24(31)15-18/h1-8,11,15-16,26,32H,9-10,12-14H2/b22-8-. The Morgan fingerprint density at radius 1 is 1.00 bits per heavy atom. The van der Waals surface area contributed by atoms with E-state index < -0.39 is 6.04 Å². The Morgan fingerprint density at radius 3 is 2.43 bits per heavy atom. The molecule has 1 unspecified atom stereocenters. The third kappa shape index (κ3) is 4.71. The molecule has 3 aromatic rings. The summed E-state index contributed by atoms with van der Waals surface area (Å²) in [6, 6.07) is 16.2. The van der Waals surface area contributed by atoms with Crippen LogP contribution in [-0.4, -0.2) is 36.4 Å². The molecule has 0 saturated carbocycles. The number of hydrogen-bond donors (Lipinski definition) is 1. The van der Waals surface area contributed by atoms with Gasteiger partial charge < -0.3 is 10.2 Å². The maximum atomic E-state index is 14.1. The van der Waals surface area contributed by atoms with Crippen molar-refractivity contribution in [3.63, 3.8) is 0 Å². The quantitative estimate of drug-likeness (QED) is 0.276. The summed E-state index contributed by atoms with van der Waals surface area (Å²) in [4.78, 5) is 20.4. The molecule has 1 saturated heterocycles. The van der Waals surface area contributed by atoms with Crippen LogP contribution in [0.1, 0.15) is 34.3 Å². The highest BCUT2D eigenvalue weighted by molar-refractivity contribution is 6.48. The van der Waals surface area contributed by atoms with Crippen molar-refractivity contribution in [3.8, 4) is 0 Å². The fourth-order valence-corrected chi connectivity index (χ4v) is 6.04. The van der Waals surface area contributed by atoms with E-state index >= 15 is 0 Å². The maximum absolute atomic E-state index is 14.1. The van der Waals surface area contributed by atoms with Crippen molar-refractivity contribution in [3.05, 3.63) is 98.8 Å². The van der Waals surface area contributed by atoms with Gasteiger partial charge in [-0.25, -0.2) is 4.98 Å². The van der Waals surface area contributed by atoms with Crippen LogP contribution in [-0.2, 0) is 5.41 Å². The van der Waals surface area contributed by atoms with Gasteiger partial charge in [0, 0.05) is 44.5 Å². The summed E-state index contributed by atoms with van der Waals surface area (Å²) in [5, 5.41) is 5.65. The lowest BCUT2D eigenvalue weighted by molar-refractivity contribution is 0.0900. The lowest BCUT2D eigenvalue weighted by Crippen LogP contribution is -2.54. The lowest BCUT2D eigenvalue weighted by Gasteiger charge is -2.41. The second-order valence-electron chi connectivity index (χ2n) is 8.91. The average Bonchev–Trinajstić information content (AvgIpc) is 3.11. The summed E-state index contributed by atoms with van der Waals surface area (Å²) in [5.41, 5.74) is 3.16. The van der Waals surface area contributed by atoms with Gasteiger partial charge in [0.05, 0.1) is 0 Å². The number of piperidine rings is 1. The topological polar surface area (TPSA) is 45.2 Å². The second kappa shape index (κ2) is 10.1. The number of nitrogens with zero attached hydrogens (tertiary/aromatic N) is 2. The Bertz CT molecular complexity index is 1290.